The summed E-state index contributed by atoms with van der Waals surface area (Å²) in [4.78, 5) is 4.09. The summed E-state index contributed by atoms with van der Waals surface area (Å²) in [6.45, 7) is 4.28. The Kier molecular flexibility index (Phi) is 3.05. The minimum Gasteiger partial charge on any atom is -0.361 e. The molecule has 71 valence electrons. The first kappa shape index (κ1) is 10.2. The summed E-state index contributed by atoms with van der Waals surface area (Å²) >= 11 is 0. The molecule has 1 heterocycles. The van der Waals surface area contributed by atoms with E-state index in [4.69, 9.17) is 0 Å². The van der Waals surface area contributed by atoms with Crippen LogP contribution in [0.1, 0.15) is 0 Å². The van der Waals surface area contributed by atoms with Crippen LogP contribution in [-0.4, -0.2) is 9.55 Å². The maximum Gasteiger partial charge on any atom is 0.125 e. The molecular weight excluding hydrogens is 214 g/mol. The average Bonchev–Trinajstić information content (AvgIpc) is 2.46. The SMILES string of the molecule is [CH2-]Cn1cnc2ccc(F)cc21.[Co]. The molecule has 0 saturated heterocycles. The number of benzene rings is 1. The maximum atomic E-state index is 12.8. The molecule has 0 spiro atoms. The van der Waals surface area contributed by atoms with Crippen molar-refractivity contribution in [3.8, 4) is 0 Å². The predicted octanol–water partition coefficient (Wildman–Crippen LogP) is 2.01. The smallest absolute Gasteiger partial charge is 0.125 e. The molecule has 0 aliphatic carbocycles. The second-order valence-corrected chi connectivity index (χ2v) is 2.57. The maximum absolute atomic E-state index is 12.8. The Morgan fingerprint density at radius 3 is 2.92 bits per heavy atom. The van der Waals surface area contributed by atoms with E-state index in [2.05, 4.69) is 11.9 Å². The van der Waals surface area contributed by atoms with Gasteiger partial charge in [-0.15, -0.1) is 6.54 Å². The normalized spacial score (nSPS) is 10.0. The zero-order chi connectivity index (χ0) is 8.55. The van der Waals surface area contributed by atoms with Crippen LogP contribution in [0.15, 0.2) is 24.5 Å². The summed E-state index contributed by atoms with van der Waals surface area (Å²) in [5.74, 6) is -0.238. The first-order valence-corrected chi connectivity index (χ1v) is 3.71. The minimum atomic E-state index is -0.238. The summed E-state index contributed by atoms with van der Waals surface area (Å²) in [7, 11) is 0. The van der Waals surface area contributed by atoms with E-state index in [1.807, 2.05) is 0 Å². The molecule has 2 nitrogen and oxygen atoms in total. The molecule has 4 heteroatoms. The summed E-state index contributed by atoms with van der Waals surface area (Å²) in [6.07, 6.45) is 1.66. The van der Waals surface area contributed by atoms with Gasteiger partial charge in [-0.2, -0.15) is 0 Å². The van der Waals surface area contributed by atoms with Gasteiger partial charge in [-0.25, -0.2) is 9.37 Å². The fraction of sp³-hybridized carbons (Fsp3) is 0.111. The quantitative estimate of drug-likeness (QED) is 0.675. The number of hydrogen-bond acceptors (Lipinski definition) is 1. The predicted molar refractivity (Wildman–Crippen MR) is 45.0 cm³/mol. The number of nitrogens with zero attached hydrogens (tertiary/aromatic N) is 2. The Morgan fingerprint density at radius 1 is 1.46 bits per heavy atom. The van der Waals surface area contributed by atoms with Crippen LogP contribution in [0.2, 0.25) is 0 Å². The Balaban J connectivity index is 0.000000845. The van der Waals surface area contributed by atoms with Crippen LogP contribution in [0.5, 0.6) is 0 Å². The third-order valence-electron chi connectivity index (χ3n) is 1.82. The molecule has 0 aliphatic rings. The molecule has 0 aliphatic heterocycles. The number of imidazole rings is 1. The van der Waals surface area contributed by atoms with Crippen LogP contribution >= 0.6 is 0 Å². The molecule has 0 N–H and O–H groups in total. The van der Waals surface area contributed by atoms with Crippen molar-refractivity contribution >= 4 is 11.0 Å². The van der Waals surface area contributed by atoms with Crippen molar-refractivity contribution in [1.82, 2.24) is 9.55 Å². The second kappa shape index (κ2) is 3.89. The molecule has 0 bridgehead atoms. The van der Waals surface area contributed by atoms with Gasteiger partial charge in [0.15, 0.2) is 0 Å². The van der Waals surface area contributed by atoms with E-state index in [0.29, 0.717) is 6.54 Å². The second-order valence-electron chi connectivity index (χ2n) is 2.57. The fourth-order valence-corrected chi connectivity index (χ4v) is 1.21. The van der Waals surface area contributed by atoms with E-state index >= 15 is 0 Å². The molecule has 2 aromatic rings. The molecule has 13 heavy (non-hydrogen) atoms. The molecular formula is C9H8CoFN2-. The van der Waals surface area contributed by atoms with Crippen molar-refractivity contribution in [2.75, 3.05) is 0 Å². The van der Waals surface area contributed by atoms with Crippen LogP contribution in [0, 0.1) is 12.7 Å². The van der Waals surface area contributed by atoms with Crippen LogP contribution < -0.4 is 0 Å². The molecule has 0 unspecified atom stereocenters. The number of aromatic nitrogens is 2. The van der Waals surface area contributed by atoms with Crippen molar-refractivity contribution in [1.29, 1.82) is 0 Å². The largest absolute Gasteiger partial charge is 0.361 e. The van der Waals surface area contributed by atoms with Crippen LogP contribution in [0.3, 0.4) is 0 Å². The van der Waals surface area contributed by atoms with E-state index in [1.165, 1.54) is 12.1 Å². The molecule has 1 aromatic carbocycles. The minimum absolute atomic E-state index is 0. The Hall–Kier alpha value is -0.874. The van der Waals surface area contributed by atoms with E-state index in [0.717, 1.165) is 11.0 Å². The van der Waals surface area contributed by atoms with Gasteiger partial charge >= 0.3 is 0 Å². The third-order valence-corrected chi connectivity index (χ3v) is 1.82. The molecule has 1 aromatic heterocycles. The van der Waals surface area contributed by atoms with Gasteiger partial charge in [0, 0.05) is 16.8 Å². The summed E-state index contributed by atoms with van der Waals surface area (Å²) in [5.41, 5.74) is 1.60. The number of hydrogen-bond donors (Lipinski definition) is 0. The van der Waals surface area contributed by atoms with E-state index < -0.39 is 0 Å². The Bertz CT molecular complexity index is 411. The van der Waals surface area contributed by atoms with E-state index in [1.54, 1.807) is 17.0 Å². The molecule has 0 atom stereocenters. The van der Waals surface area contributed by atoms with Gasteiger partial charge in [0.1, 0.15) is 5.82 Å². The molecule has 0 saturated carbocycles. The number of rotatable bonds is 1. The topological polar surface area (TPSA) is 17.8 Å². The van der Waals surface area contributed by atoms with E-state index in [-0.39, 0.29) is 22.6 Å². The van der Waals surface area contributed by atoms with Crippen molar-refractivity contribution in [2.45, 2.75) is 6.54 Å². The van der Waals surface area contributed by atoms with Gasteiger partial charge < -0.3 is 11.5 Å². The molecule has 2 rings (SSSR count). The first-order valence-electron chi connectivity index (χ1n) is 3.71. The molecule has 0 fully saturated rings. The van der Waals surface area contributed by atoms with Crippen molar-refractivity contribution in [3.05, 3.63) is 37.3 Å². The number of fused-ring (bicyclic) bond motifs is 1. The van der Waals surface area contributed by atoms with Gasteiger partial charge in [0.2, 0.25) is 0 Å². The van der Waals surface area contributed by atoms with Crippen molar-refractivity contribution in [2.24, 2.45) is 0 Å². The van der Waals surface area contributed by atoms with Crippen molar-refractivity contribution < 1.29 is 21.2 Å². The molecule has 0 amide bonds. The van der Waals surface area contributed by atoms with E-state index in [9.17, 15) is 4.39 Å². The summed E-state index contributed by atoms with van der Waals surface area (Å²) < 4.78 is 14.6. The van der Waals surface area contributed by atoms with Gasteiger partial charge in [0.05, 0.1) is 17.4 Å². The zero-order valence-corrected chi connectivity index (χ0v) is 7.87. The first-order chi connectivity index (χ1) is 5.81. The standard InChI is InChI=1S/C9H8FN2.Co/c1-2-12-6-11-8-4-3-7(10)5-9(8)12;/h3-6H,1-2H2;/q-1;. The average molecular weight is 222 g/mol. The Morgan fingerprint density at radius 2 is 2.23 bits per heavy atom. The Labute approximate surface area is 86.0 Å². The zero-order valence-electron chi connectivity index (χ0n) is 6.83. The summed E-state index contributed by atoms with van der Waals surface area (Å²) in [6, 6.07) is 4.53. The van der Waals surface area contributed by atoms with Gasteiger partial charge in [0.25, 0.3) is 0 Å². The third kappa shape index (κ3) is 1.73. The van der Waals surface area contributed by atoms with Gasteiger partial charge in [-0.3, -0.25) is 0 Å². The molecule has 1 radical (unpaired) electrons. The van der Waals surface area contributed by atoms with Crippen LogP contribution in [0.25, 0.3) is 11.0 Å². The fourth-order valence-electron chi connectivity index (χ4n) is 1.21. The number of halogens is 1. The monoisotopic (exact) mass is 222 g/mol. The van der Waals surface area contributed by atoms with Crippen LogP contribution in [0.4, 0.5) is 4.39 Å². The van der Waals surface area contributed by atoms with Gasteiger partial charge in [-0.1, -0.05) is 0 Å². The van der Waals surface area contributed by atoms with Gasteiger partial charge in [-0.05, 0) is 18.2 Å². The van der Waals surface area contributed by atoms with Crippen LogP contribution in [-0.2, 0) is 23.3 Å². The summed E-state index contributed by atoms with van der Waals surface area (Å²) in [5, 5.41) is 0. The van der Waals surface area contributed by atoms with Crippen molar-refractivity contribution in [3.63, 3.8) is 0 Å².